The molecule has 0 amide bonds. The van der Waals surface area contributed by atoms with Crippen molar-refractivity contribution in [2.75, 3.05) is 13.1 Å². The van der Waals surface area contributed by atoms with E-state index in [-0.39, 0.29) is 10.0 Å². The maximum atomic E-state index is 13.7. The van der Waals surface area contributed by atoms with Crippen molar-refractivity contribution in [3.05, 3.63) is 39.2 Å². The third kappa shape index (κ3) is 2.42. The summed E-state index contributed by atoms with van der Waals surface area (Å²) in [5, 5.41) is 10.1. The second kappa shape index (κ2) is 5.35. The first-order valence-corrected chi connectivity index (χ1v) is 7.56. The van der Waals surface area contributed by atoms with Crippen LogP contribution in [0.3, 0.4) is 0 Å². The second-order valence-electron chi connectivity index (χ2n) is 5.12. The van der Waals surface area contributed by atoms with E-state index in [9.17, 15) is 14.3 Å². The molecule has 1 aromatic carbocycles. The van der Waals surface area contributed by atoms with Crippen LogP contribution in [0, 0.1) is 5.82 Å². The van der Waals surface area contributed by atoms with Crippen LogP contribution in [0.15, 0.2) is 16.6 Å². The summed E-state index contributed by atoms with van der Waals surface area (Å²) < 4.78 is 13.9. The standard InChI is InChI=1S/C15H14BrFN2O2/c1-2-19-4-3-12-9(7-19)14(15(20)21)8-5-10(16)11(17)6-13(8)18-12/h5-6H,2-4,7H2,1H3,(H,20,21). The van der Waals surface area contributed by atoms with Gasteiger partial charge in [-0.2, -0.15) is 0 Å². The summed E-state index contributed by atoms with van der Waals surface area (Å²) in [5.74, 6) is -1.42. The molecule has 0 spiro atoms. The number of carbonyl (C=O) groups is 1. The van der Waals surface area contributed by atoms with Crippen molar-refractivity contribution in [1.29, 1.82) is 0 Å². The maximum absolute atomic E-state index is 13.7. The molecule has 0 bridgehead atoms. The average molecular weight is 353 g/mol. The molecule has 0 saturated heterocycles. The molecular weight excluding hydrogens is 339 g/mol. The summed E-state index contributed by atoms with van der Waals surface area (Å²) in [6, 6.07) is 2.80. The first kappa shape index (κ1) is 14.4. The van der Waals surface area contributed by atoms with E-state index >= 15 is 0 Å². The highest BCUT2D eigenvalue weighted by molar-refractivity contribution is 9.10. The van der Waals surface area contributed by atoms with Crippen LogP contribution in [0.25, 0.3) is 10.9 Å². The lowest BCUT2D eigenvalue weighted by Crippen LogP contribution is -2.32. The fourth-order valence-corrected chi connectivity index (χ4v) is 3.15. The van der Waals surface area contributed by atoms with Gasteiger partial charge in [0.25, 0.3) is 0 Å². The number of hydrogen-bond donors (Lipinski definition) is 1. The van der Waals surface area contributed by atoms with E-state index in [0.29, 0.717) is 23.9 Å². The zero-order chi connectivity index (χ0) is 15.1. The summed E-state index contributed by atoms with van der Waals surface area (Å²) in [4.78, 5) is 18.4. The van der Waals surface area contributed by atoms with Crippen LogP contribution in [0.1, 0.15) is 28.5 Å². The highest BCUT2D eigenvalue weighted by Crippen LogP contribution is 2.31. The summed E-state index contributed by atoms with van der Waals surface area (Å²) in [6.07, 6.45) is 0.692. The van der Waals surface area contributed by atoms with Gasteiger partial charge in [0.05, 0.1) is 15.6 Å². The molecule has 4 nitrogen and oxygen atoms in total. The number of pyridine rings is 1. The Hall–Kier alpha value is -1.53. The molecule has 1 aliphatic rings. The van der Waals surface area contributed by atoms with Gasteiger partial charge in [0.2, 0.25) is 0 Å². The topological polar surface area (TPSA) is 53.4 Å². The number of carboxylic acid groups (broad SMARTS) is 1. The van der Waals surface area contributed by atoms with Crippen molar-refractivity contribution in [2.24, 2.45) is 0 Å². The predicted octanol–water partition coefficient (Wildman–Crippen LogP) is 3.21. The number of halogens is 2. The normalized spacial score (nSPS) is 15.2. The summed E-state index contributed by atoms with van der Waals surface area (Å²) in [7, 11) is 0. The molecule has 6 heteroatoms. The molecule has 0 unspecified atom stereocenters. The first-order chi connectivity index (χ1) is 10.0. The minimum atomic E-state index is -0.991. The van der Waals surface area contributed by atoms with Crippen molar-refractivity contribution in [3.63, 3.8) is 0 Å². The number of nitrogens with zero attached hydrogens (tertiary/aromatic N) is 2. The molecule has 0 fully saturated rings. The van der Waals surface area contributed by atoms with Gasteiger partial charge in [-0.3, -0.25) is 9.88 Å². The number of hydrogen-bond acceptors (Lipinski definition) is 3. The molecule has 1 N–H and O–H groups in total. The van der Waals surface area contributed by atoms with Crippen LogP contribution in [0.4, 0.5) is 4.39 Å². The Morgan fingerprint density at radius 1 is 1.52 bits per heavy atom. The number of aromatic carboxylic acids is 1. The molecule has 2 aromatic rings. The van der Waals surface area contributed by atoms with Crippen molar-refractivity contribution >= 4 is 32.8 Å². The number of aromatic nitrogens is 1. The Kier molecular flexibility index (Phi) is 3.67. The van der Waals surface area contributed by atoms with E-state index in [1.54, 1.807) is 0 Å². The molecule has 2 heterocycles. The largest absolute Gasteiger partial charge is 0.478 e. The molecule has 110 valence electrons. The van der Waals surface area contributed by atoms with Crippen molar-refractivity contribution < 1.29 is 14.3 Å². The van der Waals surface area contributed by atoms with E-state index in [1.165, 1.54) is 12.1 Å². The minimum Gasteiger partial charge on any atom is -0.478 e. The van der Waals surface area contributed by atoms with E-state index in [0.717, 1.165) is 24.3 Å². The van der Waals surface area contributed by atoms with Gasteiger partial charge in [0, 0.05) is 42.2 Å². The third-order valence-electron chi connectivity index (χ3n) is 3.92. The lowest BCUT2D eigenvalue weighted by atomic mass is 9.96. The van der Waals surface area contributed by atoms with Crippen LogP contribution in [0.2, 0.25) is 0 Å². The van der Waals surface area contributed by atoms with Gasteiger partial charge in [-0.1, -0.05) is 6.92 Å². The first-order valence-electron chi connectivity index (χ1n) is 6.77. The molecule has 1 aliphatic heterocycles. The minimum absolute atomic E-state index is 0.244. The highest BCUT2D eigenvalue weighted by atomic mass is 79.9. The fraction of sp³-hybridized carbons (Fsp3) is 0.333. The lowest BCUT2D eigenvalue weighted by molar-refractivity contribution is 0.0695. The molecular formula is C15H14BrFN2O2. The van der Waals surface area contributed by atoms with E-state index in [1.807, 2.05) is 6.92 Å². The van der Waals surface area contributed by atoms with E-state index in [2.05, 4.69) is 25.8 Å². The van der Waals surface area contributed by atoms with Gasteiger partial charge >= 0.3 is 5.97 Å². The molecule has 0 atom stereocenters. The Morgan fingerprint density at radius 3 is 2.95 bits per heavy atom. The Bertz CT molecular complexity index is 748. The van der Waals surface area contributed by atoms with Gasteiger partial charge < -0.3 is 5.11 Å². The predicted molar refractivity (Wildman–Crippen MR) is 81.0 cm³/mol. The van der Waals surface area contributed by atoms with Crippen LogP contribution in [0.5, 0.6) is 0 Å². The second-order valence-corrected chi connectivity index (χ2v) is 5.97. The van der Waals surface area contributed by atoms with E-state index < -0.39 is 11.8 Å². The molecule has 21 heavy (non-hydrogen) atoms. The molecule has 0 aliphatic carbocycles. The number of rotatable bonds is 2. The van der Waals surface area contributed by atoms with Crippen molar-refractivity contribution in [2.45, 2.75) is 19.9 Å². The lowest BCUT2D eigenvalue weighted by Gasteiger charge is -2.28. The van der Waals surface area contributed by atoms with Crippen LogP contribution in [-0.2, 0) is 13.0 Å². The smallest absolute Gasteiger partial charge is 0.336 e. The SMILES string of the molecule is CCN1CCc2nc3cc(F)c(Br)cc3c(C(=O)O)c2C1. The van der Waals surface area contributed by atoms with Gasteiger partial charge in [-0.15, -0.1) is 0 Å². The fourth-order valence-electron chi connectivity index (χ4n) is 2.81. The monoisotopic (exact) mass is 352 g/mol. The van der Waals surface area contributed by atoms with Gasteiger partial charge in [0.1, 0.15) is 5.82 Å². The van der Waals surface area contributed by atoms with Gasteiger partial charge in [-0.25, -0.2) is 9.18 Å². The summed E-state index contributed by atoms with van der Waals surface area (Å²) >= 11 is 3.12. The number of likely N-dealkylation sites (N-methyl/N-ethyl adjacent to an activating group) is 1. The summed E-state index contributed by atoms with van der Waals surface area (Å²) in [6.45, 7) is 4.33. The Balaban J connectivity index is 2.32. The Labute approximate surface area is 129 Å². The van der Waals surface area contributed by atoms with Crippen LogP contribution < -0.4 is 0 Å². The molecule has 1 aromatic heterocycles. The maximum Gasteiger partial charge on any atom is 0.336 e. The number of fused-ring (bicyclic) bond motifs is 2. The van der Waals surface area contributed by atoms with Crippen LogP contribution in [-0.4, -0.2) is 34.0 Å². The van der Waals surface area contributed by atoms with Crippen LogP contribution >= 0.6 is 15.9 Å². The van der Waals surface area contributed by atoms with E-state index in [4.69, 9.17) is 0 Å². The van der Waals surface area contributed by atoms with Crippen molar-refractivity contribution in [1.82, 2.24) is 9.88 Å². The van der Waals surface area contributed by atoms with Crippen molar-refractivity contribution in [3.8, 4) is 0 Å². The number of carboxylic acids is 1. The molecule has 3 rings (SSSR count). The Morgan fingerprint density at radius 2 is 2.29 bits per heavy atom. The average Bonchev–Trinajstić information content (AvgIpc) is 2.45. The summed E-state index contributed by atoms with van der Waals surface area (Å²) in [5.41, 5.74) is 2.17. The highest BCUT2D eigenvalue weighted by Gasteiger charge is 2.25. The van der Waals surface area contributed by atoms with Gasteiger partial charge in [-0.05, 0) is 28.5 Å². The zero-order valence-electron chi connectivity index (χ0n) is 11.5. The zero-order valence-corrected chi connectivity index (χ0v) is 13.1. The molecule has 0 radical (unpaired) electrons. The third-order valence-corrected chi connectivity index (χ3v) is 4.53. The quantitative estimate of drug-likeness (QED) is 0.901. The number of benzene rings is 1. The van der Waals surface area contributed by atoms with Gasteiger partial charge in [0.15, 0.2) is 0 Å². The molecule has 0 saturated carbocycles.